The summed E-state index contributed by atoms with van der Waals surface area (Å²) in [6.45, 7) is 6.46. The molecule has 0 aromatic heterocycles. The SMILES string of the molecule is CCc1ccc(N(CCNC(=O)c2ccc(C)cc2)C(C)=O)cc1. The lowest BCUT2D eigenvalue weighted by molar-refractivity contribution is -0.116. The number of hydrogen-bond acceptors (Lipinski definition) is 2. The van der Waals surface area contributed by atoms with Crippen molar-refractivity contribution < 1.29 is 9.59 Å². The third-order valence-electron chi connectivity index (χ3n) is 3.97. The highest BCUT2D eigenvalue weighted by Crippen LogP contribution is 2.15. The number of amides is 2. The zero-order valence-electron chi connectivity index (χ0n) is 14.5. The molecule has 0 aliphatic rings. The molecule has 0 heterocycles. The van der Waals surface area contributed by atoms with Gasteiger partial charge >= 0.3 is 0 Å². The smallest absolute Gasteiger partial charge is 0.251 e. The van der Waals surface area contributed by atoms with E-state index in [0.717, 1.165) is 17.7 Å². The van der Waals surface area contributed by atoms with Crippen molar-refractivity contribution in [2.75, 3.05) is 18.0 Å². The van der Waals surface area contributed by atoms with Crippen molar-refractivity contribution >= 4 is 17.5 Å². The van der Waals surface area contributed by atoms with E-state index in [4.69, 9.17) is 0 Å². The minimum absolute atomic E-state index is 0.0381. The molecule has 126 valence electrons. The van der Waals surface area contributed by atoms with Gasteiger partial charge in [0.1, 0.15) is 0 Å². The summed E-state index contributed by atoms with van der Waals surface area (Å²) in [5, 5.41) is 2.86. The van der Waals surface area contributed by atoms with Crippen LogP contribution in [0.15, 0.2) is 48.5 Å². The molecule has 0 saturated heterocycles. The van der Waals surface area contributed by atoms with Crippen molar-refractivity contribution in [3.8, 4) is 0 Å². The van der Waals surface area contributed by atoms with Crippen LogP contribution in [0.1, 0.15) is 35.3 Å². The molecule has 1 N–H and O–H groups in total. The first kappa shape index (κ1) is 17.7. The lowest BCUT2D eigenvalue weighted by Crippen LogP contribution is -2.37. The molecule has 0 bridgehead atoms. The van der Waals surface area contributed by atoms with Crippen LogP contribution >= 0.6 is 0 Å². The Morgan fingerprint density at radius 1 is 1.00 bits per heavy atom. The van der Waals surface area contributed by atoms with Crippen LogP contribution in [0.5, 0.6) is 0 Å². The zero-order chi connectivity index (χ0) is 17.5. The van der Waals surface area contributed by atoms with Crippen LogP contribution in [0, 0.1) is 6.92 Å². The van der Waals surface area contributed by atoms with Gasteiger partial charge in [-0.1, -0.05) is 36.8 Å². The predicted octanol–water partition coefficient (Wildman–Crippen LogP) is 3.34. The van der Waals surface area contributed by atoms with Gasteiger partial charge in [0.25, 0.3) is 5.91 Å². The molecule has 2 amide bonds. The van der Waals surface area contributed by atoms with Gasteiger partial charge in [0.2, 0.25) is 5.91 Å². The predicted molar refractivity (Wildman–Crippen MR) is 97.4 cm³/mol. The van der Waals surface area contributed by atoms with Crippen molar-refractivity contribution in [2.45, 2.75) is 27.2 Å². The maximum absolute atomic E-state index is 12.1. The Kier molecular flexibility index (Phi) is 6.13. The van der Waals surface area contributed by atoms with Crippen LogP contribution < -0.4 is 10.2 Å². The van der Waals surface area contributed by atoms with Crippen molar-refractivity contribution in [1.29, 1.82) is 0 Å². The molecule has 24 heavy (non-hydrogen) atoms. The summed E-state index contributed by atoms with van der Waals surface area (Å²) in [6, 6.07) is 15.4. The molecule has 2 rings (SSSR count). The highest BCUT2D eigenvalue weighted by atomic mass is 16.2. The second kappa shape index (κ2) is 8.29. The highest BCUT2D eigenvalue weighted by molar-refractivity contribution is 5.94. The third kappa shape index (κ3) is 4.69. The third-order valence-corrected chi connectivity index (χ3v) is 3.97. The van der Waals surface area contributed by atoms with Crippen molar-refractivity contribution in [3.63, 3.8) is 0 Å². The van der Waals surface area contributed by atoms with Crippen molar-refractivity contribution in [2.24, 2.45) is 0 Å². The van der Waals surface area contributed by atoms with E-state index < -0.39 is 0 Å². The molecule has 0 atom stereocenters. The van der Waals surface area contributed by atoms with Crippen LogP contribution in [-0.4, -0.2) is 24.9 Å². The largest absolute Gasteiger partial charge is 0.350 e. The molecule has 0 spiro atoms. The fourth-order valence-electron chi connectivity index (χ4n) is 2.47. The monoisotopic (exact) mass is 324 g/mol. The molecular weight excluding hydrogens is 300 g/mol. The Morgan fingerprint density at radius 2 is 1.62 bits per heavy atom. The normalized spacial score (nSPS) is 10.3. The molecule has 0 aliphatic carbocycles. The van der Waals surface area contributed by atoms with Crippen molar-refractivity contribution in [3.05, 3.63) is 65.2 Å². The Hall–Kier alpha value is -2.62. The van der Waals surface area contributed by atoms with Crippen LogP contribution in [0.2, 0.25) is 0 Å². The molecule has 0 saturated carbocycles. The summed E-state index contributed by atoms with van der Waals surface area (Å²) >= 11 is 0. The van der Waals surface area contributed by atoms with Gasteiger partial charge in [-0.25, -0.2) is 0 Å². The average Bonchev–Trinajstić information content (AvgIpc) is 2.59. The Morgan fingerprint density at radius 3 is 2.17 bits per heavy atom. The van der Waals surface area contributed by atoms with Gasteiger partial charge in [-0.3, -0.25) is 9.59 Å². The second-order valence-electron chi connectivity index (χ2n) is 5.81. The first-order chi connectivity index (χ1) is 11.5. The van der Waals surface area contributed by atoms with Gasteiger partial charge in [0, 0.05) is 31.3 Å². The van der Waals surface area contributed by atoms with Gasteiger partial charge in [-0.15, -0.1) is 0 Å². The van der Waals surface area contributed by atoms with Gasteiger partial charge < -0.3 is 10.2 Å². The van der Waals surface area contributed by atoms with E-state index in [1.165, 1.54) is 12.5 Å². The molecule has 4 heteroatoms. The summed E-state index contributed by atoms with van der Waals surface area (Å²) in [4.78, 5) is 25.7. The fourth-order valence-corrected chi connectivity index (χ4v) is 2.47. The van der Waals surface area contributed by atoms with Crippen LogP contribution in [-0.2, 0) is 11.2 Å². The van der Waals surface area contributed by atoms with Gasteiger partial charge in [-0.2, -0.15) is 0 Å². The summed E-state index contributed by atoms with van der Waals surface area (Å²) in [6.07, 6.45) is 0.965. The number of rotatable bonds is 6. The lowest BCUT2D eigenvalue weighted by Gasteiger charge is -2.21. The molecular formula is C20H24N2O2. The van der Waals surface area contributed by atoms with Crippen LogP contribution in [0.3, 0.4) is 0 Å². The Balaban J connectivity index is 1.95. The van der Waals surface area contributed by atoms with Crippen molar-refractivity contribution in [1.82, 2.24) is 5.32 Å². The van der Waals surface area contributed by atoms with E-state index >= 15 is 0 Å². The fraction of sp³-hybridized carbons (Fsp3) is 0.300. The summed E-state index contributed by atoms with van der Waals surface area (Å²) in [7, 11) is 0. The Labute approximate surface area is 143 Å². The molecule has 2 aromatic rings. The summed E-state index contributed by atoms with van der Waals surface area (Å²) in [5.41, 5.74) is 3.83. The second-order valence-corrected chi connectivity index (χ2v) is 5.81. The maximum Gasteiger partial charge on any atom is 0.251 e. The topological polar surface area (TPSA) is 49.4 Å². The first-order valence-electron chi connectivity index (χ1n) is 8.23. The highest BCUT2D eigenvalue weighted by Gasteiger charge is 2.12. The number of nitrogens with zero attached hydrogens (tertiary/aromatic N) is 1. The van der Waals surface area contributed by atoms with E-state index in [2.05, 4.69) is 12.2 Å². The van der Waals surface area contributed by atoms with E-state index in [1.807, 2.05) is 43.3 Å². The van der Waals surface area contributed by atoms with Gasteiger partial charge in [0.05, 0.1) is 0 Å². The van der Waals surface area contributed by atoms with Gasteiger partial charge in [-0.05, 0) is 43.2 Å². The Bertz CT molecular complexity index is 691. The maximum atomic E-state index is 12.1. The number of nitrogens with one attached hydrogen (secondary N) is 1. The minimum atomic E-state index is -0.125. The van der Waals surface area contributed by atoms with Crippen LogP contribution in [0.4, 0.5) is 5.69 Å². The minimum Gasteiger partial charge on any atom is -0.350 e. The molecule has 0 radical (unpaired) electrons. The van der Waals surface area contributed by atoms with E-state index in [1.54, 1.807) is 17.0 Å². The first-order valence-corrected chi connectivity index (χ1v) is 8.23. The number of hydrogen-bond donors (Lipinski definition) is 1. The number of carbonyl (C=O) groups excluding carboxylic acids is 2. The van der Waals surface area contributed by atoms with E-state index in [-0.39, 0.29) is 11.8 Å². The molecule has 0 aliphatic heterocycles. The standard InChI is InChI=1S/C20H24N2O2/c1-4-17-7-11-19(12-8-17)22(16(3)23)14-13-21-20(24)18-9-5-15(2)6-10-18/h5-12H,4,13-14H2,1-3H3,(H,21,24). The molecule has 0 unspecified atom stereocenters. The summed E-state index contributed by atoms with van der Waals surface area (Å²) in [5.74, 6) is -0.163. The summed E-state index contributed by atoms with van der Waals surface area (Å²) < 4.78 is 0. The number of anilines is 1. The van der Waals surface area contributed by atoms with Crippen LogP contribution in [0.25, 0.3) is 0 Å². The molecule has 4 nitrogen and oxygen atoms in total. The lowest BCUT2D eigenvalue weighted by atomic mass is 10.1. The number of benzene rings is 2. The average molecular weight is 324 g/mol. The quantitative estimate of drug-likeness (QED) is 0.886. The molecule has 0 fully saturated rings. The number of carbonyl (C=O) groups is 2. The number of aryl methyl sites for hydroxylation is 2. The van der Waals surface area contributed by atoms with Gasteiger partial charge in [0.15, 0.2) is 0 Å². The molecule has 2 aromatic carbocycles. The van der Waals surface area contributed by atoms with E-state index in [0.29, 0.717) is 18.7 Å². The zero-order valence-corrected chi connectivity index (χ0v) is 14.5. The van der Waals surface area contributed by atoms with E-state index in [9.17, 15) is 9.59 Å².